The predicted molar refractivity (Wildman–Crippen MR) is 282 cm³/mol. The number of nitrogens with zero attached hydrogens (tertiary/aromatic N) is 2. The van der Waals surface area contributed by atoms with Gasteiger partial charge in [-0.15, -0.1) is 0 Å². The largest absolute Gasteiger partial charge is 0.454 e. The lowest BCUT2D eigenvalue weighted by Crippen LogP contribution is -2.28. The lowest BCUT2D eigenvalue weighted by Gasteiger charge is -2.35. The summed E-state index contributed by atoms with van der Waals surface area (Å²) < 4.78 is 7.18. The van der Waals surface area contributed by atoms with Crippen LogP contribution in [0.2, 0.25) is 0 Å². The Bertz CT molecular complexity index is 3550. The van der Waals surface area contributed by atoms with E-state index in [1.54, 1.807) is 0 Å². The van der Waals surface area contributed by atoms with Gasteiger partial charge in [0, 0.05) is 39.4 Å². The molecule has 0 radical (unpaired) electrons. The third-order valence-corrected chi connectivity index (χ3v) is 13.9. The Labute approximate surface area is 397 Å². The van der Waals surface area contributed by atoms with Crippen molar-refractivity contribution < 1.29 is 4.74 Å². The zero-order valence-electron chi connectivity index (χ0n) is 37.2. The molecule has 2 aliphatic rings. The minimum atomic E-state index is -0.540. The highest BCUT2D eigenvalue weighted by Gasteiger charge is 2.46. The summed E-state index contributed by atoms with van der Waals surface area (Å²) in [4.78, 5) is 4.71. The number of benzene rings is 11. The van der Waals surface area contributed by atoms with Gasteiger partial charge in [-0.1, -0.05) is 194 Å². The van der Waals surface area contributed by atoms with E-state index in [-0.39, 0.29) is 0 Å². The van der Waals surface area contributed by atoms with Crippen LogP contribution in [0.4, 0.5) is 34.1 Å². The summed E-state index contributed by atoms with van der Waals surface area (Å²) in [6, 6.07) is 96.5. The minimum absolute atomic E-state index is 0.540. The zero-order chi connectivity index (χ0) is 45.0. The van der Waals surface area contributed by atoms with Gasteiger partial charge in [-0.2, -0.15) is 0 Å². The van der Waals surface area contributed by atoms with E-state index in [0.717, 1.165) is 67.5 Å². The van der Waals surface area contributed by atoms with E-state index in [0.29, 0.717) is 0 Å². The van der Waals surface area contributed by atoms with E-state index in [1.807, 2.05) is 0 Å². The fraction of sp³-hybridized carbons (Fsp3) is 0.0154. The normalized spacial score (nSPS) is 12.6. The molecule has 0 saturated carbocycles. The lowest BCUT2D eigenvalue weighted by molar-refractivity contribution is 0.488. The van der Waals surface area contributed by atoms with Crippen molar-refractivity contribution in [2.75, 3.05) is 9.80 Å². The predicted octanol–water partition coefficient (Wildman–Crippen LogP) is 17.6. The maximum Gasteiger partial charge on any atom is 0.159 e. The van der Waals surface area contributed by atoms with Crippen LogP contribution in [0.5, 0.6) is 11.5 Å². The summed E-state index contributed by atoms with van der Waals surface area (Å²) >= 11 is 0. The highest BCUT2D eigenvalue weighted by Crippen LogP contribution is 2.58. The molecule has 11 aromatic carbocycles. The molecule has 0 N–H and O–H groups in total. The maximum absolute atomic E-state index is 7.18. The molecule has 0 fully saturated rings. The second kappa shape index (κ2) is 16.2. The average Bonchev–Trinajstić information content (AvgIpc) is 3.71. The van der Waals surface area contributed by atoms with Gasteiger partial charge in [0.25, 0.3) is 0 Å². The molecule has 0 spiro atoms. The molecule has 0 atom stereocenters. The van der Waals surface area contributed by atoms with E-state index in [1.165, 1.54) is 44.5 Å². The molecule has 3 heteroatoms. The molecule has 1 aliphatic heterocycles. The molecule has 11 aromatic rings. The first kappa shape index (κ1) is 39.4. The molecule has 13 rings (SSSR count). The molecule has 68 heavy (non-hydrogen) atoms. The minimum Gasteiger partial charge on any atom is -0.454 e. The number of hydrogen-bond acceptors (Lipinski definition) is 3. The Morgan fingerprint density at radius 3 is 1.50 bits per heavy atom. The van der Waals surface area contributed by atoms with E-state index in [9.17, 15) is 0 Å². The molecule has 0 amide bonds. The van der Waals surface area contributed by atoms with Crippen LogP contribution in [0.15, 0.2) is 267 Å². The Kier molecular flexibility index (Phi) is 9.40. The first-order chi connectivity index (χ1) is 33.7. The second-order valence-corrected chi connectivity index (χ2v) is 17.6. The van der Waals surface area contributed by atoms with E-state index < -0.39 is 5.41 Å². The third-order valence-electron chi connectivity index (χ3n) is 13.9. The summed E-state index contributed by atoms with van der Waals surface area (Å²) in [5.74, 6) is 1.66. The Hall–Kier alpha value is -8.92. The average molecular weight is 869 g/mol. The number of rotatable bonds is 9. The summed E-state index contributed by atoms with van der Waals surface area (Å²) in [5.41, 5.74) is 17.8. The number of anilines is 6. The van der Waals surface area contributed by atoms with Crippen molar-refractivity contribution in [3.63, 3.8) is 0 Å². The van der Waals surface area contributed by atoms with Crippen LogP contribution in [0.25, 0.3) is 44.2 Å². The maximum atomic E-state index is 7.18. The molecule has 1 heterocycles. The quantitative estimate of drug-likeness (QED) is 0.144. The van der Waals surface area contributed by atoms with Crippen molar-refractivity contribution >= 4 is 44.9 Å². The van der Waals surface area contributed by atoms with Gasteiger partial charge in [-0.3, -0.25) is 0 Å². The van der Waals surface area contributed by atoms with Crippen molar-refractivity contribution in [3.05, 3.63) is 289 Å². The van der Waals surface area contributed by atoms with Crippen molar-refractivity contribution in [3.8, 4) is 44.9 Å². The fourth-order valence-electron chi connectivity index (χ4n) is 10.9. The van der Waals surface area contributed by atoms with Crippen LogP contribution < -0.4 is 14.5 Å². The van der Waals surface area contributed by atoms with Crippen molar-refractivity contribution in [1.29, 1.82) is 0 Å². The number of fused-ring (bicyclic) bond motifs is 5. The van der Waals surface area contributed by atoms with Crippen molar-refractivity contribution in [2.24, 2.45) is 0 Å². The molecule has 0 unspecified atom stereocenters. The first-order valence-electron chi connectivity index (χ1n) is 23.3. The molecule has 0 saturated heterocycles. The Balaban J connectivity index is 1.01. The van der Waals surface area contributed by atoms with Crippen LogP contribution in [-0.4, -0.2) is 0 Å². The van der Waals surface area contributed by atoms with E-state index in [2.05, 4.69) is 277 Å². The summed E-state index contributed by atoms with van der Waals surface area (Å²) in [5, 5.41) is 2.22. The molecule has 320 valence electrons. The van der Waals surface area contributed by atoms with E-state index in [4.69, 9.17) is 4.74 Å². The standard InChI is InChI=1S/C65H44N2O/c1-6-19-45(20-7-1)46-33-36-52(37-34-46)66(54-38-40-56-55-30-16-17-32-59(55)65(60(56)44-54,48-22-8-2-9-23-48)49-24-10-3-11-25-49)53-39-42-62-58(43-53)57-31-18-21-47-35-41-61(64(68-62)63(47)57)67(50-26-12-4-13-27-50)51-28-14-5-15-29-51/h1-44H. The van der Waals surface area contributed by atoms with Gasteiger partial charge < -0.3 is 14.5 Å². The van der Waals surface area contributed by atoms with Gasteiger partial charge in [-0.25, -0.2) is 0 Å². The van der Waals surface area contributed by atoms with Crippen LogP contribution in [0, 0.1) is 0 Å². The SMILES string of the molecule is c1ccc(-c2ccc(N(c3ccc4c(c3)-c3cccc5ccc(N(c6ccccc6)c6ccccc6)c(c35)O4)c3ccc4c(c3)C(c3ccccc3)(c3ccccc3)c3ccccc3-4)cc2)cc1. The Morgan fingerprint density at radius 1 is 0.309 bits per heavy atom. The smallest absolute Gasteiger partial charge is 0.159 e. The molecular weight excluding hydrogens is 825 g/mol. The van der Waals surface area contributed by atoms with Gasteiger partial charge in [0.1, 0.15) is 5.75 Å². The molecule has 0 aromatic heterocycles. The monoisotopic (exact) mass is 868 g/mol. The van der Waals surface area contributed by atoms with Crippen LogP contribution in [0.3, 0.4) is 0 Å². The number of para-hydroxylation sites is 2. The summed E-state index contributed by atoms with van der Waals surface area (Å²) in [6.45, 7) is 0. The van der Waals surface area contributed by atoms with Crippen molar-refractivity contribution in [2.45, 2.75) is 5.41 Å². The first-order valence-corrected chi connectivity index (χ1v) is 23.3. The second-order valence-electron chi connectivity index (χ2n) is 17.6. The van der Waals surface area contributed by atoms with Gasteiger partial charge in [0.2, 0.25) is 0 Å². The van der Waals surface area contributed by atoms with Gasteiger partial charge in [0.05, 0.1) is 11.1 Å². The molecule has 0 bridgehead atoms. The summed E-state index contributed by atoms with van der Waals surface area (Å²) in [6.07, 6.45) is 0. The summed E-state index contributed by atoms with van der Waals surface area (Å²) in [7, 11) is 0. The van der Waals surface area contributed by atoms with Crippen LogP contribution >= 0.6 is 0 Å². The van der Waals surface area contributed by atoms with E-state index >= 15 is 0 Å². The topological polar surface area (TPSA) is 15.7 Å². The molecule has 1 aliphatic carbocycles. The highest BCUT2D eigenvalue weighted by atomic mass is 16.5. The Morgan fingerprint density at radius 2 is 0.824 bits per heavy atom. The van der Waals surface area contributed by atoms with Gasteiger partial charge >= 0.3 is 0 Å². The molecular formula is C65H44N2O. The van der Waals surface area contributed by atoms with Crippen LogP contribution in [0.1, 0.15) is 22.3 Å². The van der Waals surface area contributed by atoms with Gasteiger partial charge in [-0.05, 0) is 128 Å². The van der Waals surface area contributed by atoms with Crippen molar-refractivity contribution in [1.82, 2.24) is 0 Å². The lowest BCUT2D eigenvalue weighted by atomic mass is 9.67. The highest BCUT2D eigenvalue weighted by molar-refractivity contribution is 6.08. The van der Waals surface area contributed by atoms with Crippen LogP contribution in [-0.2, 0) is 5.41 Å². The number of hydrogen-bond donors (Lipinski definition) is 0. The fourth-order valence-corrected chi connectivity index (χ4v) is 10.9. The third kappa shape index (κ3) is 6.28. The number of ether oxygens (including phenoxy) is 1. The molecule has 3 nitrogen and oxygen atoms in total. The zero-order valence-corrected chi connectivity index (χ0v) is 37.2. The van der Waals surface area contributed by atoms with Gasteiger partial charge in [0.15, 0.2) is 5.75 Å².